The molecule has 172 valence electrons. The molecule has 2 aliphatic rings. The Morgan fingerprint density at radius 1 is 1.18 bits per heavy atom. The summed E-state index contributed by atoms with van der Waals surface area (Å²) in [5, 5.41) is 12.4. The van der Waals surface area contributed by atoms with Crippen molar-refractivity contribution < 1.29 is 18.9 Å². The van der Waals surface area contributed by atoms with Crippen molar-refractivity contribution in [2.45, 2.75) is 71.0 Å². The van der Waals surface area contributed by atoms with E-state index in [1.54, 1.807) is 11.5 Å². The molecule has 6 nitrogen and oxygen atoms in total. The van der Waals surface area contributed by atoms with Crippen molar-refractivity contribution in [3.63, 3.8) is 0 Å². The Morgan fingerprint density at radius 2 is 1.88 bits per heavy atom. The van der Waals surface area contributed by atoms with E-state index in [1.807, 2.05) is 12.1 Å². The Labute approximate surface area is 194 Å². The van der Waals surface area contributed by atoms with Crippen molar-refractivity contribution in [2.24, 2.45) is 0 Å². The van der Waals surface area contributed by atoms with Crippen LogP contribution in [0.1, 0.15) is 50.8 Å². The van der Waals surface area contributed by atoms with Gasteiger partial charge in [-0.25, -0.2) is 4.79 Å². The largest absolute Gasteiger partial charge is 0.458 e. The van der Waals surface area contributed by atoms with E-state index in [0.717, 1.165) is 27.9 Å². The van der Waals surface area contributed by atoms with Crippen LogP contribution in [0.2, 0.25) is 18.1 Å². The van der Waals surface area contributed by atoms with Crippen molar-refractivity contribution in [3.8, 4) is 11.4 Å². The van der Waals surface area contributed by atoms with E-state index in [0.29, 0.717) is 17.7 Å². The summed E-state index contributed by atoms with van der Waals surface area (Å²) in [5.74, 6) is -0.684. The number of hydrogen-bond donors (Lipinski definition) is 1. The van der Waals surface area contributed by atoms with Gasteiger partial charge in [-0.2, -0.15) is 0 Å². The van der Waals surface area contributed by atoms with Crippen LogP contribution < -0.4 is 9.79 Å². The molecule has 2 aliphatic heterocycles. The third kappa shape index (κ3) is 2.85. The number of para-hydroxylation sites is 1. The van der Waals surface area contributed by atoms with Crippen LogP contribution in [0.4, 0.5) is 0 Å². The maximum atomic E-state index is 13.6. The average molecular weight is 464 g/mol. The van der Waals surface area contributed by atoms with Gasteiger partial charge in [-0.05, 0) is 37.7 Å². The molecule has 1 atom stereocenters. The first-order chi connectivity index (χ1) is 15.4. The summed E-state index contributed by atoms with van der Waals surface area (Å²) < 4.78 is 9.47. The number of aromatic nitrogens is 2. The van der Waals surface area contributed by atoms with Gasteiger partial charge in [-0.1, -0.05) is 39.8 Å². The van der Waals surface area contributed by atoms with E-state index >= 15 is 0 Å². The van der Waals surface area contributed by atoms with Crippen LogP contribution in [0.25, 0.3) is 22.3 Å². The first-order valence-electron chi connectivity index (χ1n) is 11.6. The minimum atomic E-state index is -2.13. The molecule has 0 saturated heterocycles. The zero-order valence-corrected chi connectivity index (χ0v) is 21.2. The molecule has 0 radical (unpaired) electrons. The minimum Gasteiger partial charge on any atom is -0.458 e. The predicted molar refractivity (Wildman–Crippen MR) is 130 cm³/mol. The maximum Gasteiger partial charge on any atom is 0.363 e. The SMILES string of the molecule is CC[C@@]1(O)C(=O)OCc2c1cc1n(c2=O)Cc2cc3ccccc3[n+]([Si](C)(C)C(C)(C)C)c2-1. The summed E-state index contributed by atoms with van der Waals surface area (Å²) in [6.07, 6.45) is 0.147. The van der Waals surface area contributed by atoms with Gasteiger partial charge in [0.05, 0.1) is 12.1 Å². The van der Waals surface area contributed by atoms with E-state index in [4.69, 9.17) is 4.74 Å². The highest BCUT2D eigenvalue weighted by Crippen LogP contribution is 2.41. The van der Waals surface area contributed by atoms with Crippen molar-refractivity contribution in [1.82, 2.24) is 4.57 Å². The Morgan fingerprint density at radius 3 is 2.55 bits per heavy atom. The molecule has 4 heterocycles. The average Bonchev–Trinajstić information content (AvgIpc) is 3.12. The molecular weight excluding hydrogens is 432 g/mol. The third-order valence-electron chi connectivity index (χ3n) is 8.04. The number of nitrogens with zero attached hydrogens (tertiary/aromatic N) is 2. The summed E-state index contributed by atoms with van der Waals surface area (Å²) in [5.41, 5.74) is 2.80. The standard InChI is InChI=1S/C26H31N2O4Si/c1-7-26(31)19-13-21-22-17(14-27(21)23(29)18(19)15-32-24(26)30)12-16-10-8-9-11-20(16)28(22)33(5,6)25(2,3)4/h8-13,31H,7,14-15H2,1-6H3/q+1/t26-/m0/s1. The fraction of sp³-hybridized carbons (Fsp3) is 0.423. The highest BCUT2D eigenvalue weighted by Gasteiger charge is 2.52. The summed E-state index contributed by atoms with van der Waals surface area (Å²) in [6.45, 7) is 13.7. The molecule has 1 aromatic carbocycles. The second-order valence-corrected chi connectivity index (χ2v) is 15.9. The summed E-state index contributed by atoms with van der Waals surface area (Å²) in [7, 11) is -2.13. The quantitative estimate of drug-likeness (QED) is 0.362. The van der Waals surface area contributed by atoms with E-state index in [-0.39, 0.29) is 23.6 Å². The van der Waals surface area contributed by atoms with E-state index in [1.165, 1.54) is 0 Å². The maximum absolute atomic E-state index is 13.6. The fourth-order valence-electron chi connectivity index (χ4n) is 5.07. The van der Waals surface area contributed by atoms with E-state index < -0.39 is 19.8 Å². The lowest BCUT2D eigenvalue weighted by Crippen LogP contribution is -2.66. The lowest BCUT2D eigenvalue weighted by Gasteiger charge is -2.33. The Hall–Kier alpha value is -2.77. The van der Waals surface area contributed by atoms with Crippen molar-refractivity contribution >= 4 is 25.1 Å². The molecule has 7 heteroatoms. The molecule has 0 bridgehead atoms. The third-order valence-corrected chi connectivity index (χ3v) is 13.3. The zero-order valence-electron chi connectivity index (χ0n) is 20.2. The Bertz CT molecular complexity index is 1400. The van der Waals surface area contributed by atoms with Crippen molar-refractivity contribution in [2.75, 3.05) is 0 Å². The summed E-state index contributed by atoms with van der Waals surface area (Å²) >= 11 is 0. The van der Waals surface area contributed by atoms with Crippen LogP contribution in [0.3, 0.4) is 0 Å². The number of esters is 1. The molecule has 0 aliphatic carbocycles. The number of aliphatic hydroxyl groups is 1. The second-order valence-electron chi connectivity index (χ2n) is 10.8. The van der Waals surface area contributed by atoms with Crippen LogP contribution >= 0.6 is 0 Å². The Kier molecular flexibility index (Phi) is 4.59. The number of carbonyl (C=O) groups excluding carboxylic acids is 1. The highest BCUT2D eigenvalue weighted by atomic mass is 28.3. The zero-order chi connectivity index (χ0) is 23.9. The highest BCUT2D eigenvalue weighted by molar-refractivity contribution is 6.72. The monoisotopic (exact) mass is 463 g/mol. The lowest BCUT2D eigenvalue weighted by atomic mass is 9.86. The molecular formula is C26H31N2O4Si+. The van der Waals surface area contributed by atoms with Crippen LogP contribution in [0, 0.1) is 0 Å². The summed E-state index contributed by atoms with van der Waals surface area (Å²) in [4.78, 5) is 26.1. The van der Waals surface area contributed by atoms with Crippen LogP contribution in [-0.2, 0) is 28.3 Å². The number of rotatable bonds is 2. The number of pyridine rings is 2. The van der Waals surface area contributed by atoms with E-state index in [2.05, 4.69) is 62.4 Å². The molecule has 33 heavy (non-hydrogen) atoms. The van der Waals surface area contributed by atoms with Gasteiger partial charge in [0.1, 0.15) is 12.3 Å². The lowest BCUT2D eigenvalue weighted by molar-refractivity contribution is -0.508. The second kappa shape index (κ2) is 6.87. The van der Waals surface area contributed by atoms with Gasteiger partial charge in [0, 0.05) is 27.6 Å². The van der Waals surface area contributed by atoms with Crippen molar-refractivity contribution in [3.05, 3.63) is 63.4 Å². The predicted octanol–water partition coefficient (Wildman–Crippen LogP) is 3.83. The molecule has 3 aromatic rings. The number of cyclic esters (lactones) is 1. The van der Waals surface area contributed by atoms with Gasteiger partial charge in [0.2, 0.25) is 5.69 Å². The molecule has 0 fully saturated rings. The van der Waals surface area contributed by atoms with Gasteiger partial charge < -0.3 is 9.84 Å². The smallest absolute Gasteiger partial charge is 0.363 e. The Balaban J connectivity index is 1.92. The first-order valence-corrected chi connectivity index (χ1v) is 14.5. The number of benzene rings is 1. The van der Waals surface area contributed by atoms with Crippen LogP contribution in [-0.4, -0.2) is 23.9 Å². The van der Waals surface area contributed by atoms with Gasteiger partial charge in [0.25, 0.3) is 5.56 Å². The topological polar surface area (TPSA) is 72.4 Å². The molecule has 1 N–H and O–H groups in total. The van der Waals surface area contributed by atoms with E-state index in [9.17, 15) is 14.7 Å². The van der Waals surface area contributed by atoms with Gasteiger partial charge >= 0.3 is 14.2 Å². The molecule has 2 aromatic heterocycles. The van der Waals surface area contributed by atoms with Crippen LogP contribution in [0.15, 0.2) is 41.2 Å². The molecule has 5 rings (SSSR count). The number of fused-ring (bicyclic) bond motifs is 5. The van der Waals surface area contributed by atoms with Crippen LogP contribution in [0.5, 0.6) is 0 Å². The molecule has 0 amide bonds. The van der Waals surface area contributed by atoms with Gasteiger partial charge in [0.15, 0.2) is 11.1 Å². The number of carbonyl (C=O) groups is 1. The first kappa shape index (κ1) is 22.0. The van der Waals surface area contributed by atoms with Gasteiger partial charge in [-0.15, -0.1) is 0 Å². The summed E-state index contributed by atoms with van der Waals surface area (Å²) in [6, 6.07) is 12.4. The van der Waals surface area contributed by atoms with Gasteiger partial charge in [-0.3, -0.25) is 13.6 Å². The molecule has 0 saturated carbocycles. The minimum absolute atomic E-state index is 0.0471. The molecule has 0 spiro atoms. The number of ether oxygens (including phenoxy) is 1. The normalized spacial score (nSPS) is 19.8. The number of hydrogen-bond acceptors (Lipinski definition) is 4. The molecule has 0 unspecified atom stereocenters. The fourth-order valence-corrected chi connectivity index (χ4v) is 7.37. The van der Waals surface area contributed by atoms with Crippen molar-refractivity contribution in [1.29, 1.82) is 0 Å².